The van der Waals surface area contributed by atoms with Crippen LogP contribution >= 0.6 is 0 Å². The average molecular weight is 314 g/mol. The van der Waals surface area contributed by atoms with Crippen LogP contribution in [0.5, 0.6) is 5.75 Å². The van der Waals surface area contributed by atoms with E-state index >= 15 is 0 Å². The van der Waals surface area contributed by atoms with E-state index in [1.165, 1.54) is 0 Å². The molecule has 4 N–H and O–H groups in total. The first-order valence-electron chi connectivity index (χ1n) is 7.01. The summed E-state index contributed by atoms with van der Waals surface area (Å²) in [6, 6.07) is 11.8. The summed E-state index contributed by atoms with van der Waals surface area (Å²) in [5.74, 6) is -0.404. The molecule has 0 radical (unpaired) electrons. The number of nitrogens with two attached hydrogens (primary N) is 1. The van der Waals surface area contributed by atoms with Crippen LogP contribution in [0.3, 0.4) is 0 Å². The first-order valence-corrected chi connectivity index (χ1v) is 7.01. The molecule has 0 atom stereocenters. The van der Waals surface area contributed by atoms with Crippen molar-refractivity contribution in [3.8, 4) is 5.75 Å². The monoisotopic (exact) mass is 314 g/mol. The van der Waals surface area contributed by atoms with Gasteiger partial charge in [0.05, 0.1) is 13.7 Å². The first-order chi connectivity index (χ1) is 11.0. The zero-order chi connectivity index (χ0) is 16.8. The zero-order valence-electron chi connectivity index (χ0n) is 12.7. The second-order valence-corrected chi connectivity index (χ2v) is 4.97. The molecule has 0 heterocycles. The Morgan fingerprint density at radius 1 is 1.13 bits per heavy atom. The number of anilines is 1. The number of ketones is 1. The van der Waals surface area contributed by atoms with Gasteiger partial charge in [-0.25, -0.2) is 0 Å². The molecule has 0 aromatic heterocycles. The number of aliphatic carboxylic acids is 1. The van der Waals surface area contributed by atoms with Crippen LogP contribution in [0.1, 0.15) is 21.5 Å². The summed E-state index contributed by atoms with van der Waals surface area (Å²) in [5, 5.41) is 11.4. The molecule has 0 bridgehead atoms. The molecule has 0 unspecified atom stereocenters. The molecule has 2 aromatic rings. The quantitative estimate of drug-likeness (QED) is 0.531. The Hall–Kier alpha value is -2.86. The summed E-state index contributed by atoms with van der Waals surface area (Å²) in [6.45, 7) is 0.109. The summed E-state index contributed by atoms with van der Waals surface area (Å²) in [7, 11) is 1.56. The molecule has 120 valence electrons. The van der Waals surface area contributed by atoms with E-state index < -0.39 is 5.97 Å². The fourth-order valence-corrected chi connectivity index (χ4v) is 2.11. The Balaban J connectivity index is 2.18. The lowest BCUT2D eigenvalue weighted by Gasteiger charge is -2.09. The first kappa shape index (κ1) is 16.5. The van der Waals surface area contributed by atoms with Gasteiger partial charge in [-0.3, -0.25) is 9.59 Å². The van der Waals surface area contributed by atoms with Gasteiger partial charge < -0.3 is 20.9 Å². The van der Waals surface area contributed by atoms with Crippen molar-refractivity contribution in [2.24, 2.45) is 0 Å². The number of carboxylic acid groups (broad SMARTS) is 1. The number of ether oxygens (including phenoxy) is 1. The Labute approximate surface area is 133 Å². The third-order valence-corrected chi connectivity index (χ3v) is 3.35. The molecule has 2 aromatic carbocycles. The highest BCUT2D eigenvalue weighted by Crippen LogP contribution is 2.19. The fraction of sp³-hybridized carbons (Fsp3) is 0.176. The van der Waals surface area contributed by atoms with Crippen molar-refractivity contribution in [2.75, 3.05) is 19.4 Å². The Kier molecular flexibility index (Phi) is 5.32. The van der Waals surface area contributed by atoms with Crippen molar-refractivity contribution in [1.29, 1.82) is 0 Å². The van der Waals surface area contributed by atoms with Gasteiger partial charge in [-0.15, -0.1) is 0 Å². The van der Waals surface area contributed by atoms with E-state index in [9.17, 15) is 9.59 Å². The maximum Gasteiger partial charge on any atom is 0.317 e. The molecule has 0 fully saturated rings. The van der Waals surface area contributed by atoms with Gasteiger partial charge >= 0.3 is 5.97 Å². The highest BCUT2D eigenvalue weighted by Gasteiger charge is 2.11. The fourth-order valence-electron chi connectivity index (χ4n) is 2.11. The van der Waals surface area contributed by atoms with Crippen LogP contribution < -0.4 is 15.8 Å². The van der Waals surface area contributed by atoms with Crippen LogP contribution in [-0.4, -0.2) is 30.5 Å². The summed E-state index contributed by atoms with van der Waals surface area (Å²) >= 11 is 0. The van der Waals surface area contributed by atoms with Crippen molar-refractivity contribution >= 4 is 17.4 Å². The Morgan fingerprint density at radius 3 is 2.39 bits per heavy atom. The Morgan fingerprint density at radius 2 is 1.78 bits per heavy atom. The number of hydrogen-bond acceptors (Lipinski definition) is 5. The number of rotatable bonds is 7. The van der Waals surface area contributed by atoms with Gasteiger partial charge in [0.1, 0.15) is 5.75 Å². The molecule has 0 aliphatic heterocycles. The number of hydrogen-bond donors (Lipinski definition) is 3. The summed E-state index contributed by atoms with van der Waals surface area (Å²) < 4.78 is 5.07. The molecule has 6 nitrogen and oxygen atoms in total. The second-order valence-electron chi connectivity index (χ2n) is 4.97. The van der Waals surface area contributed by atoms with Crippen molar-refractivity contribution in [3.05, 3.63) is 59.2 Å². The largest absolute Gasteiger partial charge is 0.497 e. The minimum Gasteiger partial charge on any atom is -0.497 e. The van der Waals surface area contributed by atoms with Crippen molar-refractivity contribution < 1.29 is 19.4 Å². The summed E-state index contributed by atoms with van der Waals surface area (Å²) in [5.41, 5.74) is 8.10. The van der Waals surface area contributed by atoms with E-state index in [-0.39, 0.29) is 18.9 Å². The van der Waals surface area contributed by atoms with Crippen molar-refractivity contribution in [1.82, 2.24) is 5.32 Å². The maximum atomic E-state index is 12.5. The number of nitrogens with one attached hydrogen (secondary N) is 1. The highest BCUT2D eigenvalue weighted by atomic mass is 16.5. The number of carbonyl (C=O) groups excluding carboxylic acids is 1. The molecule has 0 aliphatic rings. The number of carboxylic acids is 1. The lowest BCUT2D eigenvalue weighted by atomic mass is 10.00. The van der Waals surface area contributed by atoms with Crippen LogP contribution in [0, 0.1) is 0 Å². The molecule has 0 saturated carbocycles. The third-order valence-electron chi connectivity index (χ3n) is 3.35. The molecule has 2 rings (SSSR count). The van der Waals surface area contributed by atoms with Gasteiger partial charge in [0.15, 0.2) is 5.78 Å². The topological polar surface area (TPSA) is 102 Å². The van der Waals surface area contributed by atoms with E-state index in [2.05, 4.69) is 5.32 Å². The molecule has 0 amide bonds. The van der Waals surface area contributed by atoms with Crippen LogP contribution in [-0.2, 0) is 11.3 Å². The van der Waals surface area contributed by atoms with Gasteiger partial charge in [-0.2, -0.15) is 0 Å². The number of benzene rings is 2. The number of methoxy groups -OCH3 is 1. The van der Waals surface area contributed by atoms with E-state index in [0.717, 1.165) is 0 Å². The molecular formula is C17H18N2O4. The predicted octanol–water partition coefficient (Wildman–Crippen LogP) is 1.68. The molecule has 0 spiro atoms. The van der Waals surface area contributed by atoms with Gasteiger partial charge in [-0.1, -0.05) is 0 Å². The SMILES string of the molecule is COc1ccc(C(=O)c2ccc(N)c(CNCC(=O)O)c2)cc1. The highest BCUT2D eigenvalue weighted by molar-refractivity contribution is 6.09. The molecule has 6 heteroatoms. The van der Waals surface area contributed by atoms with Gasteiger partial charge in [0.2, 0.25) is 0 Å². The third kappa shape index (κ3) is 4.31. The van der Waals surface area contributed by atoms with E-state index in [4.69, 9.17) is 15.6 Å². The van der Waals surface area contributed by atoms with Gasteiger partial charge in [0, 0.05) is 23.4 Å². The normalized spacial score (nSPS) is 10.3. The van der Waals surface area contributed by atoms with Crippen LogP contribution in [0.15, 0.2) is 42.5 Å². The van der Waals surface area contributed by atoms with Crippen molar-refractivity contribution in [3.63, 3.8) is 0 Å². The van der Waals surface area contributed by atoms with E-state index in [1.54, 1.807) is 49.6 Å². The molecule has 23 heavy (non-hydrogen) atoms. The summed E-state index contributed by atoms with van der Waals surface area (Å²) in [4.78, 5) is 23.0. The van der Waals surface area contributed by atoms with Crippen LogP contribution in [0.4, 0.5) is 5.69 Å². The molecule has 0 saturated heterocycles. The average Bonchev–Trinajstić information content (AvgIpc) is 2.55. The molecule has 0 aliphatic carbocycles. The summed E-state index contributed by atoms with van der Waals surface area (Å²) in [6.07, 6.45) is 0. The van der Waals surface area contributed by atoms with Gasteiger partial charge in [-0.05, 0) is 48.0 Å². The van der Waals surface area contributed by atoms with E-state index in [1.807, 2.05) is 0 Å². The smallest absolute Gasteiger partial charge is 0.317 e. The zero-order valence-corrected chi connectivity index (χ0v) is 12.7. The van der Waals surface area contributed by atoms with Gasteiger partial charge in [0.25, 0.3) is 0 Å². The standard InChI is InChI=1S/C17H18N2O4/c1-23-14-5-2-11(3-6-14)17(22)12-4-7-15(18)13(8-12)9-19-10-16(20)21/h2-8,19H,9-10,18H2,1H3,(H,20,21). The van der Waals surface area contributed by atoms with Crippen LogP contribution in [0.25, 0.3) is 0 Å². The minimum atomic E-state index is -0.950. The second kappa shape index (κ2) is 7.42. The molecular weight excluding hydrogens is 296 g/mol. The maximum absolute atomic E-state index is 12.5. The lowest BCUT2D eigenvalue weighted by Crippen LogP contribution is -2.22. The lowest BCUT2D eigenvalue weighted by molar-refractivity contribution is -0.136. The predicted molar refractivity (Wildman–Crippen MR) is 86.6 cm³/mol. The minimum absolute atomic E-state index is 0.132. The number of carbonyl (C=O) groups is 2. The van der Waals surface area contributed by atoms with Crippen LogP contribution in [0.2, 0.25) is 0 Å². The van der Waals surface area contributed by atoms with E-state index in [0.29, 0.717) is 28.1 Å². The van der Waals surface area contributed by atoms with Crippen molar-refractivity contribution in [2.45, 2.75) is 6.54 Å². The Bertz CT molecular complexity index is 711. The number of nitrogen functional groups attached to an aromatic ring is 1.